The highest BCUT2D eigenvalue weighted by molar-refractivity contribution is 9.10. The largest absolute Gasteiger partial charge is 0.493 e. The summed E-state index contributed by atoms with van der Waals surface area (Å²) in [6.45, 7) is 5.12. The maximum absolute atomic E-state index is 14.0. The minimum atomic E-state index is -4.67. The van der Waals surface area contributed by atoms with Gasteiger partial charge < -0.3 is 18.9 Å². The zero-order valence-electron chi connectivity index (χ0n) is 24.4. The number of rotatable bonds is 12. The van der Waals surface area contributed by atoms with E-state index >= 15 is 0 Å². The van der Waals surface area contributed by atoms with Crippen molar-refractivity contribution in [3.05, 3.63) is 71.4 Å². The molecule has 0 aliphatic rings. The fourth-order valence-electron chi connectivity index (χ4n) is 3.92. The summed E-state index contributed by atoms with van der Waals surface area (Å²) in [5.41, 5.74) is -0.393. The summed E-state index contributed by atoms with van der Waals surface area (Å²) >= 11 is 3.25. The number of ether oxygens (including phenoxy) is 4. The van der Waals surface area contributed by atoms with E-state index in [2.05, 4.69) is 40.6 Å². The first-order valence-electron chi connectivity index (χ1n) is 12.9. The Bertz CT molecular complexity index is 1830. The summed E-state index contributed by atoms with van der Waals surface area (Å²) < 4.78 is 80.9. The van der Waals surface area contributed by atoms with E-state index in [1.165, 1.54) is 37.8 Å². The van der Waals surface area contributed by atoms with E-state index in [1.54, 1.807) is 24.3 Å². The zero-order valence-corrected chi connectivity index (χ0v) is 27.7. The van der Waals surface area contributed by atoms with Crippen LogP contribution in [0.1, 0.15) is 26.3 Å². The van der Waals surface area contributed by atoms with Gasteiger partial charge in [-0.2, -0.15) is 0 Å². The molecule has 2 aromatic heterocycles. The van der Waals surface area contributed by atoms with Crippen molar-refractivity contribution in [3.8, 4) is 29.0 Å². The fourth-order valence-corrected chi connectivity index (χ4v) is 6.89. The minimum absolute atomic E-state index is 0.0302. The van der Waals surface area contributed by atoms with Gasteiger partial charge in [0.15, 0.2) is 37.7 Å². The average Bonchev–Trinajstić information content (AvgIpc) is 2.95. The number of aromatic nitrogens is 4. The molecular formula is C28H30BrN5O8S2. The second-order valence-electron chi connectivity index (χ2n) is 10.3. The standard InChI is InChI=1S/C28H30BrN5O8S2/c1-28(2,3)19-14-22(43(5,35)36)26(44(37,38)34-23-10-11-30-17-33-23)25(24(19)42-21-9-7-6-8-20(21)39-4)40-12-13-41-27-31-15-18(29)16-32-27/h6-11,14-17H,12-13H2,1-5H3,(H,30,33,34). The molecule has 0 amide bonds. The van der Waals surface area contributed by atoms with E-state index in [0.29, 0.717) is 15.8 Å². The SMILES string of the molecule is COc1ccccc1Oc1c(C(C)(C)C)cc(S(C)(=O)=O)c(S(=O)(=O)Nc2ccncn2)c1OCCOc1ncc(Br)cn1. The predicted octanol–water partition coefficient (Wildman–Crippen LogP) is 4.79. The topological polar surface area (TPSA) is 169 Å². The van der Waals surface area contributed by atoms with Crippen molar-refractivity contribution in [3.63, 3.8) is 0 Å². The maximum Gasteiger partial charge on any atom is 0.316 e. The first-order chi connectivity index (χ1) is 20.7. The molecule has 0 atom stereocenters. The van der Waals surface area contributed by atoms with Gasteiger partial charge in [-0.3, -0.25) is 4.72 Å². The highest BCUT2D eigenvalue weighted by Crippen LogP contribution is 2.49. The molecule has 4 rings (SSSR count). The average molecular weight is 709 g/mol. The molecule has 0 unspecified atom stereocenters. The van der Waals surface area contributed by atoms with Gasteiger partial charge >= 0.3 is 6.01 Å². The molecule has 234 valence electrons. The second-order valence-corrected chi connectivity index (χ2v) is 14.8. The molecule has 0 spiro atoms. The maximum atomic E-state index is 14.0. The molecule has 16 heteroatoms. The molecule has 4 aromatic rings. The quantitative estimate of drug-likeness (QED) is 0.200. The van der Waals surface area contributed by atoms with Crippen LogP contribution in [-0.2, 0) is 25.3 Å². The van der Waals surface area contributed by atoms with Crippen LogP contribution in [0.15, 0.2) is 75.6 Å². The minimum Gasteiger partial charge on any atom is -0.493 e. The Morgan fingerprint density at radius 2 is 1.57 bits per heavy atom. The molecule has 2 heterocycles. The Hall–Kier alpha value is -4.02. The van der Waals surface area contributed by atoms with Gasteiger partial charge in [0.25, 0.3) is 10.0 Å². The molecule has 0 saturated carbocycles. The Morgan fingerprint density at radius 3 is 2.16 bits per heavy atom. The number of para-hydroxylation sites is 2. The highest BCUT2D eigenvalue weighted by atomic mass is 79.9. The number of sulfone groups is 1. The first kappa shape index (κ1) is 32.9. The number of nitrogens with zero attached hydrogens (tertiary/aromatic N) is 4. The highest BCUT2D eigenvalue weighted by Gasteiger charge is 2.37. The molecule has 0 bridgehead atoms. The first-order valence-corrected chi connectivity index (χ1v) is 17.1. The van der Waals surface area contributed by atoms with Crippen LogP contribution < -0.4 is 23.7 Å². The summed E-state index contributed by atoms with van der Waals surface area (Å²) in [6, 6.07) is 9.40. The Kier molecular flexibility index (Phi) is 9.95. The fraction of sp³-hybridized carbons (Fsp3) is 0.286. The third kappa shape index (κ3) is 7.92. The molecule has 0 aliphatic heterocycles. The van der Waals surface area contributed by atoms with Gasteiger partial charge in [0.1, 0.15) is 25.4 Å². The monoisotopic (exact) mass is 707 g/mol. The van der Waals surface area contributed by atoms with Crippen LogP contribution >= 0.6 is 15.9 Å². The number of sulfonamides is 1. The molecule has 0 aliphatic carbocycles. The normalized spacial score (nSPS) is 12.0. The van der Waals surface area contributed by atoms with E-state index in [0.717, 1.165) is 12.6 Å². The van der Waals surface area contributed by atoms with Crippen molar-refractivity contribution in [2.24, 2.45) is 0 Å². The third-order valence-electron chi connectivity index (χ3n) is 5.89. The van der Waals surface area contributed by atoms with Gasteiger partial charge in [-0.05, 0) is 45.6 Å². The number of hydrogen-bond acceptors (Lipinski definition) is 12. The van der Waals surface area contributed by atoms with Gasteiger partial charge in [0, 0.05) is 30.4 Å². The Balaban J connectivity index is 1.94. The lowest BCUT2D eigenvalue weighted by Gasteiger charge is -2.28. The lowest BCUT2D eigenvalue weighted by atomic mass is 9.86. The van der Waals surface area contributed by atoms with Gasteiger partial charge in [0.05, 0.1) is 16.5 Å². The summed E-state index contributed by atoms with van der Waals surface area (Å²) in [4.78, 5) is 14.6. The van der Waals surface area contributed by atoms with Crippen LogP contribution in [0.2, 0.25) is 0 Å². The molecular weight excluding hydrogens is 678 g/mol. The van der Waals surface area contributed by atoms with Crippen LogP contribution in [0.4, 0.5) is 5.82 Å². The van der Waals surface area contributed by atoms with Crippen molar-refractivity contribution in [2.45, 2.75) is 36.0 Å². The summed E-state index contributed by atoms with van der Waals surface area (Å²) in [5, 5.41) is 0. The number of nitrogens with one attached hydrogen (secondary N) is 1. The smallest absolute Gasteiger partial charge is 0.316 e. The van der Waals surface area contributed by atoms with E-state index in [1.807, 2.05) is 20.8 Å². The Morgan fingerprint density at radius 1 is 0.909 bits per heavy atom. The van der Waals surface area contributed by atoms with E-state index in [-0.39, 0.29) is 42.3 Å². The van der Waals surface area contributed by atoms with Crippen LogP contribution in [0.3, 0.4) is 0 Å². The van der Waals surface area contributed by atoms with Gasteiger partial charge in [-0.1, -0.05) is 32.9 Å². The zero-order chi connectivity index (χ0) is 32.1. The number of anilines is 1. The van der Waals surface area contributed by atoms with Crippen molar-refractivity contribution < 1.29 is 35.8 Å². The predicted molar refractivity (Wildman–Crippen MR) is 165 cm³/mol. The molecule has 1 N–H and O–H groups in total. The Labute approximate surface area is 264 Å². The number of hydrogen-bond donors (Lipinski definition) is 1. The van der Waals surface area contributed by atoms with Gasteiger partial charge in [0.2, 0.25) is 0 Å². The van der Waals surface area contributed by atoms with E-state index < -0.39 is 35.1 Å². The third-order valence-corrected chi connectivity index (χ3v) is 8.97. The molecule has 0 saturated heterocycles. The molecule has 2 aromatic carbocycles. The summed E-state index contributed by atoms with van der Waals surface area (Å²) in [6.07, 6.45) is 6.39. The number of halogens is 1. The second kappa shape index (κ2) is 13.3. The van der Waals surface area contributed by atoms with Crippen molar-refractivity contribution >= 4 is 41.6 Å². The van der Waals surface area contributed by atoms with Gasteiger partial charge in [-0.15, -0.1) is 0 Å². The van der Waals surface area contributed by atoms with Crippen molar-refractivity contribution in [1.29, 1.82) is 0 Å². The summed E-state index contributed by atoms with van der Waals surface area (Å²) in [7, 11) is -7.37. The molecule has 0 fully saturated rings. The van der Waals surface area contributed by atoms with Gasteiger partial charge in [-0.25, -0.2) is 36.8 Å². The molecule has 0 radical (unpaired) electrons. The lowest BCUT2D eigenvalue weighted by molar-refractivity contribution is 0.197. The van der Waals surface area contributed by atoms with Crippen LogP contribution in [0.25, 0.3) is 0 Å². The number of benzene rings is 2. The van der Waals surface area contributed by atoms with E-state index in [9.17, 15) is 16.8 Å². The van der Waals surface area contributed by atoms with Crippen LogP contribution in [0.5, 0.6) is 29.0 Å². The van der Waals surface area contributed by atoms with E-state index in [4.69, 9.17) is 18.9 Å². The van der Waals surface area contributed by atoms with Crippen LogP contribution in [-0.4, -0.2) is 63.4 Å². The lowest BCUT2D eigenvalue weighted by Crippen LogP contribution is -2.23. The van der Waals surface area contributed by atoms with Crippen molar-refractivity contribution in [1.82, 2.24) is 19.9 Å². The molecule has 13 nitrogen and oxygen atoms in total. The van der Waals surface area contributed by atoms with Crippen molar-refractivity contribution in [2.75, 3.05) is 31.3 Å². The molecule has 44 heavy (non-hydrogen) atoms. The van der Waals surface area contributed by atoms with Crippen LogP contribution in [0, 0.1) is 0 Å². The number of methoxy groups -OCH3 is 1. The summed E-state index contributed by atoms with van der Waals surface area (Å²) in [5.74, 6) is 0.116.